The van der Waals surface area contributed by atoms with E-state index in [4.69, 9.17) is 0 Å². The molecule has 1 aromatic heterocycles. The summed E-state index contributed by atoms with van der Waals surface area (Å²) < 4.78 is 54.0. The summed E-state index contributed by atoms with van der Waals surface area (Å²) in [6.07, 6.45) is -3.93. The summed E-state index contributed by atoms with van der Waals surface area (Å²) in [5.74, 6) is -1.51. The first-order valence-corrected chi connectivity index (χ1v) is 7.14. The molecular formula is C17H11F4N3O. The Morgan fingerprint density at radius 1 is 1.00 bits per heavy atom. The van der Waals surface area contributed by atoms with Crippen molar-refractivity contribution in [3.8, 4) is 5.69 Å². The van der Waals surface area contributed by atoms with Crippen LogP contribution in [-0.2, 0) is 6.18 Å². The van der Waals surface area contributed by atoms with Gasteiger partial charge in [0, 0.05) is 5.69 Å². The van der Waals surface area contributed by atoms with Gasteiger partial charge in [-0.2, -0.15) is 18.3 Å². The van der Waals surface area contributed by atoms with Gasteiger partial charge in [-0.15, -0.1) is 0 Å². The lowest BCUT2D eigenvalue weighted by Gasteiger charge is -2.12. The Labute approximate surface area is 139 Å². The zero-order chi connectivity index (χ0) is 18.0. The molecule has 1 N–H and O–H groups in total. The number of aromatic nitrogens is 2. The normalized spacial score (nSPS) is 11.4. The molecule has 0 atom stereocenters. The van der Waals surface area contributed by atoms with Crippen LogP contribution < -0.4 is 5.32 Å². The fourth-order valence-corrected chi connectivity index (χ4v) is 2.28. The van der Waals surface area contributed by atoms with Crippen LogP contribution in [0.2, 0.25) is 0 Å². The molecule has 2 aromatic carbocycles. The van der Waals surface area contributed by atoms with Gasteiger partial charge < -0.3 is 5.32 Å². The van der Waals surface area contributed by atoms with Crippen LogP contribution in [0.15, 0.2) is 60.8 Å². The molecule has 0 saturated carbocycles. The second kappa shape index (κ2) is 6.39. The molecule has 25 heavy (non-hydrogen) atoms. The molecular weight excluding hydrogens is 338 g/mol. The minimum atomic E-state index is -4.79. The summed E-state index contributed by atoms with van der Waals surface area (Å²) in [7, 11) is 0. The number of anilines is 1. The van der Waals surface area contributed by atoms with Gasteiger partial charge in [-0.3, -0.25) is 4.79 Å². The first kappa shape index (κ1) is 16.7. The van der Waals surface area contributed by atoms with Crippen molar-refractivity contribution < 1.29 is 22.4 Å². The van der Waals surface area contributed by atoms with Gasteiger partial charge >= 0.3 is 6.18 Å². The molecule has 0 aliphatic heterocycles. The topological polar surface area (TPSA) is 46.9 Å². The van der Waals surface area contributed by atoms with E-state index in [0.717, 1.165) is 18.3 Å². The molecule has 8 heteroatoms. The Hall–Kier alpha value is -3.16. The van der Waals surface area contributed by atoms with E-state index in [2.05, 4.69) is 10.4 Å². The molecule has 3 aromatic rings. The lowest BCUT2D eigenvalue weighted by molar-refractivity contribution is -0.143. The first-order chi connectivity index (χ1) is 11.9. The molecule has 0 aliphatic carbocycles. The Balaban J connectivity index is 2.00. The summed E-state index contributed by atoms with van der Waals surface area (Å²) in [5.41, 5.74) is -1.46. The van der Waals surface area contributed by atoms with Crippen molar-refractivity contribution in [2.24, 2.45) is 0 Å². The van der Waals surface area contributed by atoms with Crippen LogP contribution in [0.25, 0.3) is 5.69 Å². The number of halogens is 4. The number of benzene rings is 2. The van der Waals surface area contributed by atoms with Crippen molar-refractivity contribution in [3.05, 3.63) is 77.9 Å². The molecule has 0 aliphatic rings. The largest absolute Gasteiger partial charge is 0.434 e. The molecule has 128 valence electrons. The SMILES string of the molecule is O=C(Nc1ccc(F)cc1)c1cnn(-c2ccccc2)c1C(F)(F)F. The zero-order valence-corrected chi connectivity index (χ0v) is 12.6. The van der Waals surface area contributed by atoms with Crippen LogP contribution in [0.4, 0.5) is 23.2 Å². The monoisotopic (exact) mass is 349 g/mol. The number of hydrogen-bond donors (Lipinski definition) is 1. The average molecular weight is 349 g/mol. The molecule has 0 bridgehead atoms. The van der Waals surface area contributed by atoms with Crippen molar-refractivity contribution in [1.82, 2.24) is 9.78 Å². The van der Waals surface area contributed by atoms with Crippen molar-refractivity contribution in [1.29, 1.82) is 0 Å². The highest BCUT2D eigenvalue weighted by molar-refractivity contribution is 6.05. The first-order valence-electron chi connectivity index (χ1n) is 7.14. The van der Waals surface area contributed by atoms with E-state index in [0.29, 0.717) is 4.68 Å². The Bertz CT molecular complexity index is 887. The van der Waals surface area contributed by atoms with Crippen LogP contribution in [0.1, 0.15) is 16.1 Å². The van der Waals surface area contributed by atoms with Gasteiger partial charge in [0.25, 0.3) is 5.91 Å². The standard InChI is InChI=1S/C17H11F4N3O/c18-11-6-8-12(9-7-11)23-16(25)14-10-22-24(15(14)17(19,20)21)13-4-2-1-3-5-13/h1-10H,(H,23,25). The van der Waals surface area contributed by atoms with Crippen LogP contribution in [0.5, 0.6) is 0 Å². The highest BCUT2D eigenvalue weighted by atomic mass is 19.4. The van der Waals surface area contributed by atoms with Crippen molar-refractivity contribution >= 4 is 11.6 Å². The fourth-order valence-electron chi connectivity index (χ4n) is 2.28. The maximum atomic E-state index is 13.5. The summed E-state index contributed by atoms with van der Waals surface area (Å²) >= 11 is 0. The highest BCUT2D eigenvalue weighted by Crippen LogP contribution is 2.34. The third-order valence-corrected chi connectivity index (χ3v) is 3.39. The molecule has 0 unspecified atom stereocenters. The Kier molecular flexibility index (Phi) is 4.26. The smallest absolute Gasteiger partial charge is 0.322 e. The second-order valence-electron chi connectivity index (χ2n) is 5.11. The molecule has 0 fully saturated rings. The molecule has 3 rings (SSSR count). The summed E-state index contributed by atoms with van der Waals surface area (Å²) in [4.78, 5) is 12.3. The highest BCUT2D eigenvalue weighted by Gasteiger charge is 2.40. The fraction of sp³-hybridized carbons (Fsp3) is 0.0588. The lowest BCUT2D eigenvalue weighted by Crippen LogP contribution is -2.20. The molecule has 4 nitrogen and oxygen atoms in total. The number of carbonyl (C=O) groups is 1. The van der Waals surface area contributed by atoms with Gasteiger partial charge in [0.15, 0.2) is 5.69 Å². The maximum Gasteiger partial charge on any atom is 0.434 e. The number of para-hydroxylation sites is 1. The number of nitrogens with zero attached hydrogens (tertiary/aromatic N) is 2. The molecule has 0 radical (unpaired) electrons. The number of amides is 1. The third kappa shape index (κ3) is 3.52. The number of nitrogens with one attached hydrogen (secondary N) is 1. The zero-order valence-electron chi connectivity index (χ0n) is 12.6. The number of rotatable bonds is 3. The summed E-state index contributed by atoms with van der Waals surface area (Å²) in [6.45, 7) is 0. The minimum Gasteiger partial charge on any atom is -0.322 e. The third-order valence-electron chi connectivity index (χ3n) is 3.39. The van der Waals surface area contributed by atoms with Gasteiger partial charge in [0.05, 0.1) is 17.4 Å². The average Bonchev–Trinajstić information content (AvgIpc) is 3.03. The second-order valence-corrected chi connectivity index (χ2v) is 5.11. The van der Waals surface area contributed by atoms with E-state index < -0.39 is 29.2 Å². The van der Waals surface area contributed by atoms with Gasteiger partial charge in [-0.25, -0.2) is 9.07 Å². The van der Waals surface area contributed by atoms with Gasteiger partial charge in [0.1, 0.15) is 5.82 Å². The van der Waals surface area contributed by atoms with E-state index >= 15 is 0 Å². The predicted octanol–water partition coefficient (Wildman–Crippen LogP) is 4.28. The van der Waals surface area contributed by atoms with Crippen LogP contribution in [0, 0.1) is 5.82 Å². The van der Waals surface area contributed by atoms with E-state index in [1.54, 1.807) is 18.2 Å². The van der Waals surface area contributed by atoms with Crippen molar-refractivity contribution in [2.45, 2.75) is 6.18 Å². The maximum absolute atomic E-state index is 13.5. The van der Waals surface area contributed by atoms with Crippen LogP contribution in [-0.4, -0.2) is 15.7 Å². The Morgan fingerprint density at radius 3 is 2.24 bits per heavy atom. The molecule has 0 spiro atoms. The van der Waals surface area contributed by atoms with Gasteiger partial charge in [-0.05, 0) is 36.4 Å². The van der Waals surface area contributed by atoms with Gasteiger partial charge in [-0.1, -0.05) is 18.2 Å². The van der Waals surface area contributed by atoms with E-state index in [1.165, 1.54) is 24.3 Å². The number of carbonyl (C=O) groups excluding carboxylic acids is 1. The van der Waals surface area contributed by atoms with E-state index in [9.17, 15) is 22.4 Å². The molecule has 0 saturated heterocycles. The van der Waals surface area contributed by atoms with E-state index in [-0.39, 0.29) is 11.4 Å². The summed E-state index contributed by atoms with van der Waals surface area (Å²) in [5, 5.41) is 6.01. The van der Waals surface area contributed by atoms with Crippen LogP contribution >= 0.6 is 0 Å². The van der Waals surface area contributed by atoms with Crippen molar-refractivity contribution in [3.63, 3.8) is 0 Å². The van der Waals surface area contributed by atoms with Gasteiger partial charge in [0.2, 0.25) is 0 Å². The quantitative estimate of drug-likeness (QED) is 0.718. The molecule has 1 amide bonds. The minimum absolute atomic E-state index is 0.173. The lowest BCUT2D eigenvalue weighted by atomic mass is 10.2. The van der Waals surface area contributed by atoms with Crippen molar-refractivity contribution in [2.75, 3.05) is 5.32 Å². The number of hydrogen-bond acceptors (Lipinski definition) is 2. The summed E-state index contributed by atoms with van der Waals surface area (Å²) in [6, 6.07) is 12.4. The van der Waals surface area contributed by atoms with Crippen LogP contribution in [0.3, 0.4) is 0 Å². The number of alkyl halides is 3. The predicted molar refractivity (Wildman–Crippen MR) is 82.9 cm³/mol. The Morgan fingerprint density at radius 2 is 1.64 bits per heavy atom. The van der Waals surface area contributed by atoms with E-state index in [1.807, 2.05) is 0 Å². The molecule has 1 heterocycles.